The molecule has 1 atom stereocenters. The average Bonchev–Trinajstić information content (AvgIpc) is 3.42. The summed E-state index contributed by atoms with van der Waals surface area (Å²) in [7, 11) is 0. The van der Waals surface area contributed by atoms with Crippen LogP contribution in [0.1, 0.15) is 65.7 Å². The number of rotatable bonds is 5. The number of anilines is 1. The number of nitrogens with zero attached hydrogens (tertiary/aromatic N) is 3. The SMILES string of the molecule is O=C(Nc1ccc(F)cc1)c1nnc([C@@H]2CCCN(C(=O)CC3CCCC3)C2)s1. The highest BCUT2D eigenvalue weighted by atomic mass is 32.1. The Kier molecular flexibility index (Phi) is 6.18. The number of hydrogen-bond acceptors (Lipinski definition) is 5. The Morgan fingerprint density at radius 3 is 2.62 bits per heavy atom. The fraction of sp³-hybridized carbons (Fsp3) is 0.524. The van der Waals surface area contributed by atoms with Gasteiger partial charge in [-0.25, -0.2) is 4.39 Å². The number of halogens is 1. The molecular weight excluding hydrogens is 391 g/mol. The summed E-state index contributed by atoms with van der Waals surface area (Å²) < 4.78 is 13.0. The van der Waals surface area contributed by atoms with Crippen molar-refractivity contribution in [3.63, 3.8) is 0 Å². The minimum absolute atomic E-state index is 0.126. The molecule has 2 aliphatic rings. The van der Waals surface area contributed by atoms with E-state index in [1.54, 1.807) is 0 Å². The molecule has 2 aromatic rings. The van der Waals surface area contributed by atoms with Gasteiger partial charge >= 0.3 is 0 Å². The van der Waals surface area contributed by atoms with Crippen molar-refractivity contribution in [1.29, 1.82) is 0 Å². The van der Waals surface area contributed by atoms with E-state index in [-0.39, 0.29) is 28.6 Å². The van der Waals surface area contributed by atoms with Crippen molar-refractivity contribution in [2.45, 2.75) is 50.9 Å². The first-order chi connectivity index (χ1) is 14.1. The lowest BCUT2D eigenvalue weighted by Gasteiger charge is -2.32. The van der Waals surface area contributed by atoms with Crippen LogP contribution in [0, 0.1) is 11.7 Å². The lowest BCUT2D eigenvalue weighted by atomic mass is 9.97. The Hall–Kier alpha value is -2.35. The highest BCUT2D eigenvalue weighted by Crippen LogP contribution is 2.32. The van der Waals surface area contributed by atoms with Gasteiger partial charge in [0.25, 0.3) is 5.91 Å². The lowest BCUT2D eigenvalue weighted by molar-refractivity contribution is -0.133. The van der Waals surface area contributed by atoms with Gasteiger partial charge in [0.2, 0.25) is 10.9 Å². The Labute approximate surface area is 173 Å². The molecule has 2 heterocycles. The standard InChI is InChI=1S/C21H25FN4O2S/c22-16-7-9-17(10-8-16)23-19(28)21-25-24-20(29-21)15-6-3-11-26(13-15)18(27)12-14-4-1-2-5-14/h7-10,14-15H,1-6,11-13H2,(H,23,28)/t15-/m1/s1. The molecule has 154 valence electrons. The molecule has 0 spiro atoms. The predicted octanol–water partition coefficient (Wildman–Crippen LogP) is 4.22. The van der Waals surface area contributed by atoms with Crippen LogP contribution >= 0.6 is 11.3 Å². The van der Waals surface area contributed by atoms with Crippen LogP contribution in [-0.2, 0) is 4.79 Å². The van der Waals surface area contributed by atoms with Crippen LogP contribution in [-0.4, -0.2) is 40.0 Å². The average molecular weight is 417 g/mol. The van der Waals surface area contributed by atoms with Gasteiger partial charge in [0.05, 0.1) is 0 Å². The largest absolute Gasteiger partial charge is 0.342 e. The van der Waals surface area contributed by atoms with Gasteiger partial charge < -0.3 is 10.2 Å². The van der Waals surface area contributed by atoms with E-state index < -0.39 is 0 Å². The second-order valence-electron chi connectivity index (χ2n) is 7.94. The number of piperidine rings is 1. The Bertz CT molecular complexity index is 864. The minimum Gasteiger partial charge on any atom is -0.342 e. The molecular formula is C21H25FN4O2S. The number of nitrogens with one attached hydrogen (secondary N) is 1. The van der Waals surface area contributed by atoms with Gasteiger partial charge in [-0.15, -0.1) is 10.2 Å². The molecule has 2 fully saturated rings. The molecule has 0 radical (unpaired) electrons. The summed E-state index contributed by atoms with van der Waals surface area (Å²) in [5.74, 6) is 0.212. The molecule has 4 rings (SSSR count). The summed E-state index contributed by atoms with van der Waals surface area (Å²) in [5.41, 5.74) is 0.509. The van der Waals surface area contributed by atoms with Crippen LogP contribution < -0.4 is 5.32 Å². The molecule has 8 heteroatoms. The second-order valence-corrected chi connectivity index (χ2v) is 8.95. The molecule has 29 heavy (non-hydrogen) atoms. The second kappa shape index (κ2) is 8.98. The van der Waals surface area contributed by atoms with Crippen molar-refractivity contribution in [1.82, 2.24) is 15.1 Å². The number of hydrogen-bond donors (Lipinski definition) is 1. The highest BCUT2D eigenvalue weighted by molar-refractivity contribution is 7.13. The van der Waals surface area contributed by atoms with Crippen molar-refractivity contribution >= 4 is 28.8 Å². The Balaban J connectivity index is 1.36. The third-order valence-electron chi connectivity index (χ3n) is 5.80. The molecule has 1 saturated carbocycles. The van der Waals surface area contributed by atoms with Gasteiger partial charge in [0.1, 0.15) is 10.8 Å². The van der Waals surface area contributed by atoms with Gasteiger partial charge in [0.15, 0.2) is 0 Å². The van der Waals surface area contributed by atoms with Crippen LogP contribution in [0.2, 0.25) is 0 Å². The van der Waals surface area contributed by atoms with Crippen LogP contribution in [0.5, 0.6) is 0 Å². The quantitative estimate of drug-likeness (QED) is 0.792. The molecule has 0 unspecified atom stereocenters. The molecule has 0 bridgehead atoms. The number of carbonyl (C=O) groups is 2. The number of likely N-dealkylation sites (tertiary alicyclic amines) is 1. The van der Waals surface area contributed by atoms with Crippen molar-refractivity contribution in [3.05, 3.63) is 40.1 Å². The smallest absolute Gasteiger partial charge is 0.286 e. The van der Waals surface area contributed by atoms with Crippen molar-refractivity contribution in [2.24, 2.45) is 5.92 Å². The van der Waals surface area contributed by atoms with E-state index in [1.807, 2.05) is 4.90 Å². The van der Waals surface area contributed by atoms with Crippen molar-refractivity contribution in [3.8, 4) is 0 Å². The summed E-state index contributed by atoms with van der Waals surface area (Å²) >= 11 is 1.27. The summed E-state index contributed by atoms with van der Waals surface area (Å²) in [4.78, 5) is 27.0. The van der Waals surface area contributed by atoms with Gasteiger partial charge in [-0.05, 0) is 55.9 Å². The summed E-state index contributed by atoms with van der Waals surface area (Å²) in [5, 5.41) is 12.0. The number of carbonyl (C=O) groups excluding carboxylic acids is 2. The zero-order valence-electron chi connectivity index (χ0n) is 16.3. The lowest BCUT2D eigenvalue weighted by Crippen LogP contribution is -2.39. The first-order valence-electron chi connectivity index (χ1n) is 10.3. The van der Waals surface area contributed by atoms with E-state index in [2.05, 4.69) is 15.5 Å². The number of benzene rings is 1. The van der Waals surface area contributed by atoms with E-state index >= 15 is 0 Å². The third-order valence-corrected chi connectivity index (χ3v) is 6.88. The maximum atomic E-state index is 13.0. The third kappa shape index (κ3) is 4.98. The molecule has 1 aromatic heterocycles. The van der Waals surface area contributed by atoms with E-state index in [0.29, 0.717) is 24.6 Å². The van der Waals surface area contributed by atoms with Crippen molar-refractivity contribution in [2.75, 3.05) is 18.4 Å². The van der Waals surface area contributed by atoms with Gasteiger partial charge in [-0.1, -0.05) is 24.2 Å². The van der Waals surface area contributed by atoms with Crippen LogP contribution in [0.4, 0.5) is 10.1 Å². The topological polar surface area (TPSA) is 75.2 Å². The van der Waals surface area contributed by atoms with Crippen LogP contribution in [0.3, 0.4) is 0 Å². The number of amides is 2. The Morgan fingerprint density at radius 1 is 1.10 bits per heavy atom. The minimum atomic E-state index is -0.356. The summed E-state index contributed by atoms with van der Waals surface area (Å²) in [6, 6.07) is 5.59. The zero-order valence-corrected chi connectivity index (χ0v) is 17.1. The van der Waals surface area contributed by atoms with E-state index in [9.17, 15) is 14.0 Å². The van der Waals surface area contributed by atoms with E-state index in [0.717, 1.165) is 24.4 Å². The van der Waals surface area contributed by atoms with Crippen molar-refractivity contribution < 1.29 is 14.0 Å². The first-order valence-corrected chi connectivity index (χ1v) is 11.1. The monoisotopic (exact) mass is 416 g/mol. The maximum Gasteiger partial charge on any atom is 0.286 e. The maximum absolute atomic E-state index is 13.0. The normalized spacial score (nSPS) is 20.0. The predicted molar refractivity (Wildman–Crippen MR) is 109 cm³/mol. The molecule has 6 nitrogen and oxygen atoms in total. The fourth-order valence-electron chi connectivity index (χ4n) is 4.20. The van der Waals surface area contributed by atoms with E-state index in [4.69, 9.17) is 0 Å². The zero-order chi connectivity index (χ0) is 20.2. The Morgan fingerprint density at radius 2 is 1.86 bits per heavy atom. The van der Waals surface area contributed by atoms with Gasteiger partial charge in [0, 0.05) is 31.1 Å². The molecule has 1 N–H and O–H groups in total. The van der Waals surface area contributed by atoms with Gasteiger partial charge in [-0.2, -0.15) is 0 Å². The molecule has 1 aliphatic carbocycles. The molecule has 1 aromatic carbocycles. The van der Waals surface area contributed by atoms with Gasteiger partial charge in [-0.3, -0.25) is 9.59 Å². The molecule has 1 aliphatic heterocycles. The summed E-state index contributed by atoms with van der Waals surface area (Å²) in [6.07, 6.45) is 7.38. The highest BCUT2D eigenvalue weighted by Gasteiger charge is 2.29. The molecule has 1 saturated heterocycles. The van der Waals surface area contributed by atoms with Crippen LogP contribution in [0.15, 0.2) is 24.3 Å². The first kappa shape index (κ1) is 19.9. The molecule has 2 amide bonds. The summed E-state index contributed by atoms with van der Waals surface area (Å²) in [6.45, 7) is 1.46. The van der Waals surface area contributed by atoms with E-state index in [1.165, 1.54) is 61.3 Å². The fourth-order valence-corrected chi connectivity index (χ4v) is 5.07. The number of aromatic nitrogens is 2. The van der Waals surface area contributed by atoms with Crippen LogP contribution in [0.25, 0.3) is 0 Å².